The van der Waals surface area contributed by atoms with Crippen molar-refractivity contribution in [3.63, 3.8) is 0 Å². The van der Waals surface area contributed by atoms with E-state index in [0.29, 0.717) is 38.5 Å². The molecular weight excluding hydrogens is 450 g/mol. The lowest BCUT2D eigenvalue weighted by molar-refractivity contribution is 0.117. The molecule has 5 aromatic rings. The molecule has 2 aromatic heterocycles. The number of imidazole rings is 1. The van der Waals surface area contributed by atoms with E-state index < -0.39 is 5.60 Å². The van der Waals surface area contributed by atoms with Gasteiger partial charge in [-0.15, -0.1) is 0 Å². The zero-order chi connectivity index (χ0) is 24.0. The number of nitrogens with zero attached hydrogens (tertiary/aromatic N) is 3. The van der Waals surface area contributed by atoms with Gasteiger partial charge in [-0.05, 0) is 58.7 Å². The fourth-order valence-corrected chi connectivity index (χ4v) is 4.58. The molecule has 7 heteroatoms. The summed E-state index contributed by atoms with van der Waals surface area (Å²) in [7, 11) is 3.54. The van der Waals surface area contributed by atoms with Crippen LogP contribution in [0.2, 0.25) is 5.02 Å². The monoisotopic (exact) mass is 471 g/mol. The van der Waals surface area contributed by atoms with Crippen LogP contribution < -0.4 is 5.56 Å². The first-order valence-electron chi connectivity index (χ1n) is 10.7. The number of aromatic nitrogens is 3. The minimum absolute atomic E-state index is 0.107. The van der Waals surface area contributed by atoms with Crippen LogP contribution in [0.4, 0.5) is 0 Å². The maximum atomic E-state index is 12.7. The van der Waals surface area contributed by atoms with Gasteiger partial charge in [-0.25, -0.2) is 4.98 Å². The molecule has 1 atom stereocenters. The van der Waals surface area contributed by atoms with Gasteiger partial charge in [-0.2, -0.15) is 0 Å². The molecule has 0 amide bonds. The maximum absolute atomic E-state index is 12.7. The van der Waals surface area contributed by atoms with Crippen molar-refractivity contribution in [1.82, 2.24) is 14.1 Å². The minimum Gasteiger partial charge on any atom is -0.508 e. The van der Waals surface area contributed by atoms with E-state index in [2.05, 4.69) is 4.98 Å². The van der Waals surface area contributed by atoms with Crippen LogP contribution in [-0.2, 0) is 19.7 Å². The van der Waals surface area contributed by atoms with E-state index in [4.69, 9.17) is 11.6 Å². The van der Waals surface area contributed by atoms with Crippen LogP contribution in [0.5, 0.6) is 5.75 Å². The summed E-state index contributed by atoms with van der Waals surface area (Å²) < 4.78 is 3.34. The van der Waals surface area contributed by atoms with Crippen LogP contribution in [0.15, 0.2) is 90.1 Å². The predicted octanol–water partition coefficient (Wildman–Crippen LogP) is 4.58. The van der Waals surface area contributed by atoms with Gasteiger partial charge in [0, 0.05) is 30.6 Å². The average Bonchev–Trinajstić information content (AvgIpc) is 3.27. The Morgan fingerprint density at radius 3 is 2.35 bits per heavy atom. The zero-order valence-electron chi connectivity index (χ0n) is 18.6. The highest BCUT2D eigenvalue weighted by Gasteiger charge is 2.37. The SMILES string of the molecule is Cn1cncc1C(O)(c1ccc(Cl)cc1)c1ccc2c(c1)c(-c1cccc(O)c1)cc(=O)n2C. The van der Waals surface area contributed by atoms with Crippen molar-refractivity contribution in [3.05, 3.63) is 118 Å². The molecule has 34 heavy (non-hydrogen) atoms. The number of aryl methyl sites for hydroxylation is 2. The molecule has 6 nitrogen and oxygen atoms in total. The number of phenolic OH excluding ortho intramolecular Hbond substituents is 1. The van der Waals surface area contributed by atoms with Crippen molar-refractivity contribution >= 4 is 22.5 Å². The number of rotatable bonds is 4. The summed E-state index contributed by atoms with van der Waals surface area (Å²) >= 11 is 6.12. The fourth-order valence-electron chi connectivity index (χ4n) is 4.46. The maximum Gasteiger partial charge on any atom is 0.251 e. The lowest BCUT2D eigenvalue weighted by Gasteiger charge is -2.30. The number of aliphatic hydroxyl groups is 1. The van der Waals surface area contributed by atoms with Gasteiger partial charge in [0.25, 0.3) is 5.56 Å². The van der Waals surface area contributed by atoms with Gasteiger partial charge in [0.05, 0.1) is 23.7 Å². The number of hydrogen-bond acceptors (Lipinski definition) is 4. The molecule has 0 aliphatic carbocycles. The molecule has 0 saturated heterocycles. The van der Waals surface area contributed by atoms with E-state index in [-0.39, 0.29) is 11.3 Å². The summed E-state index contributed by atoms with van der Waals surface area (Å²) in [5, 5.41) is 23.6. The Labute approximate surface area is 201 Å². The Bertz CT molecular complexity index is 1590. The molecule has 0 aliphatic heterocycles. The lowest BCUT2D eigenvalue weighted by Crippen LogP contribution is -2.31. The van der Waals surface area contributed by atoms with E-state index in [9.17, 15) is 15.0 Å². The van der Waals surface area contributed by atoms with Gasteiger partial charge in [0.15, 0.2) is 5.60 Å². The molecule has 3 aromatic carbocycles. The second kappa shape index (κ2) is 8.17. The molecular formula is C27H22ClN3O3. The molecule has 1 unspecified atom stereocenters. The molecule has 0 aliphatic rings. The molecule has 0 radical (unpaired) electrons. The Hall–Kier alpha value is -3.87. The van der Waals surface area contributed by atoms with Crippen molar-refractivity contribution in [2.45, 2.75) is 5.60 Å². The molecule has 170 valence electrons. The normalized spacial score (nSPS) is 13.2. The highest BCUT2D eigenvalue weighted by atomic mass is 35.5. The number of aromatic hydroxyl groups is 1. The van der Waals surface area contributed by atoms with Crippen molar-refractivity contribution in [2.75, 3.05) is 0 Å². The van der Waals surface area contributed by atoms with Gasteiger partial charge in [0.2, 0.25) is 0 Å². The second-order valence-electron chi connectivity index (χ2n) is 8.34. The van der Waals surface area contributed by atoms with Gasteiger partial charge in [-0.1, -0.05) is 41.9 Å². The van der Waals surface area contributed by atoms with E-state index in [1.807, 2.05) is 31.3 Å². The Balaban J connectivity index is 1.84. The number of phenols is 1. The number of benzene rings is 3. The summed E-state index contributed by atoms with van der Waals surface area (Å²) in [6, 6.07) is 20.9. The number of halogens is 1. The topological polar surface area (TPSA) is 80.3 Å². The third kappa shape index (κ3) is 3.48. The van der Waals surface area contributed by atoms with Crippen LogP contribution in [0, 0.1) is 0 Å². The van der Waals surface area contributed by atoms with Gasteiger partial charge >= 0.3 is 0 Å². The first kappa shape index (κ1) is 21.9. The highest BCUT2D eigenvalue weighted by molar-refractivity contribution is 6.30. The molecule has 2 N–H and O–H groups in total. The number of hydrogen-bond donors (Lipinski definition) is 2. The van der Waals surface area contributed by atoms with Crippen molar-refractivity contribution < 1.29 is 10.2 Å². The first-order valence-corrected chi connectivity index (χ1v) is 11.1. The van der Waals surface area contributed by atoms with Crippen LogP contribution in [-0.4, -0.2) is 24.3 Å². The molecule has 0 saturated carbocycles. The minimum atomic E-state index is -1.53. The molecule has 5 rings (SSSR count). The molecule has 0 fully saturated rings. The highest BCUT2D eigenvalue weighted by Crippen LogP contribution is 2.39. The van der Waals surface area contributed by atoms with Crippen molar-refractivity contribution in [2.24, 2.45) is 14.1 Å². The summed E-state index contributed by atoms with van der Waals surface area (Å²) in [4.78, 5) is 16.9. The first-order chi connectivity index (χ1) is 16.3. The van der Waals surface area contributed by atoms with Gasteiger partial charge in [0.1, 0.15) is 5.75 Å². The number of fused-ring (bicyclic) bond motifs is 1. The summed E-state index contributed by atoms with van der Waals surface area (Å²) in [5.41, 5.74) is 2.19. The zero-order valence-corrected chi connectivity index (χ0v) is 19.4. The molecule has 0 spiro atoms. The lowest BCUT2D eigenvalue weighted by atomic mass is 9.82. The quantitative estimate of drug-likeness (QED) is 0.402. The Morgan fingerprint density at radius 2 is 1.68 bits per heavy atom. The average molecular weight is 472 g/mol. The van der Waals surface area contributed by atoms with Gasteiger partial charge < -0.3 is 19.3 Å². The summed E-state index contributed by atoms with van der Waals surface area (Å²) in [6.45, 7) is 0. The van der Waals surface area contributed by atoms with Crippen LogP contribution >= 0.6 is 11.6 Å². The molecule has 2 heterocycles. The second-order valence-corrected chi connectivity index (χ2v) is 8.78. The standard InChI is InChI=1S/C27H22ClN3O3/c1-30-16-29-15-25(30)27(34,18-6-9-20(28)10-7-18)19-8-11-24-23(13-19)22(14-26(33)31(24)2)17-4-3-5-21(32)12-17/h3-16,32,34H,1-2H3. The van der Waals surface area contributed by atoms with Crippen LogP contribution in [0.3, 0.4) is 0 Å². The summed E-state index contributed by atoms with van der Waals surface area (Å²) in [5.74, 6) is 0.107. The van der Waals surface area contributed by atoms with Crippen molar-refractivity contribution in [1.29, 1.82) is 0 Å². The largest absolute Gasteiger partial charge is 0.508 e. The van der Waals surface area contributed by atoms with E-state index in [1.54, 1.807) is 77.2 Å². The Morgan fingerprint density at radius 1 is 0.941 bits per heavy atom. The van der Waals surface area contributed by atoms with E-state index in [0.717, 1.165) is 5.39 Å². The van der Waals surface area contributed by atoms with Crippen LogP contribution in [0.1, 0.15) is 16.8 Å². The smallest absolute Gasteiger partial charge is 0.251 e. The third-order valence-electron chi connectivity index (χ3n) is 6.27. The van der Waals surface area contributed by atoms with E-state index in [1.165, 1.54) is 0 Å². The third-order valence-corrected chi connectivity index (χ3v) is 6.52. The van der Waals surface area contributed by atoms with E-state index >= 15 is 0 Å². The van der Waals surface area contributed by atoms with Gasteiger partial charge in [-0.3, -0.25) is 4.79 Å². The number of pyridine rings is 1. The predicted molar refractivity (Wildman–Crippen MR) is 133 cm³/mol. The van der Waals surface area contributed by atoms with Crippen LogP contribution in [0.25, 0.3) is 22.0 Å². The Kier molecular flexibility index (Phi) is 5.27. The molecule has 0 bridgehead atoms. The fraction of sp³-hybridized carbons (Fsp3) is 0.111. The van der Waals surface area contributed by atoms with Crippen molar-refractivity contribution in [3.8, 4) is 16.9 Å². The summed E-state index contributed by atoms with van der Waals surface area (Å²) in [6.07, 6.45) is 3.27.